The molecule has 0 aliphatic heterocycles. The van der Waals surface area contributed by atoms with Crippen LogP contribution in [0.1, 0.15) is 5.76 Å². The van der Waals surface area contributed by atoms with Gasteiger partial charge in [0.1, 0.15) is 11.5 Å². The van der Waals surface area contributed by atoms with E-state index in [1.54, 1.807) is 24.3 Å². The van der Waals surface area contributed by atoms with Crippen LogP contribution in [0.15, 0.2) is 51.6 Å². The Kier molecular flexibility index (Phi) is 6.48. The second kappa shape index (κ2) is 8.60. The molecule has 1 aromatic heterocycles. The summed E-state index contributed by atoms with van der Waals surface area (Å²) in [7, 11) is 1.61. The van der Waals surface area contributed by atoms with Gasteiger partial charge in [0.2, 0.25) is 0 Å². The van der Waals surface area contributed by atoms with Gasteiger partial charge in [0.05, 0.1) is 19.4 Å². The molecule has 0 unspecified atom stereocenters. The van der Waals surface area contributed by atoms with E-state index in [2.05, 4.69) is 15.9 Å². The number of carbonyl (C=O) groups is 1. The van der Waals surface area contributed by atoms with Crippen molar-refractivity contribution in [1.82, 2.24) is 4.90 Å². The highest BCUT2D eigenvalue weighted by Crippen LogP contribution is 2.16. The van der Waals surface area contributed by atoms with Gasteiger partial charge in [-0.15, -0.1) is 0 Å². The first-order valence-corrected chi connectivity index (χ1v) is 7.66. The second-order valence-electron chi connectivity index (χ2n) is 4.63. The highest BCUT2D eigenvalue weighted by atomic mass is 79.9. The molecule has 0 aliphatic carbocycles. The third-order valence-electron chi connectivity index (χ3n) is 3.02. The number of methoxy groups -OCH3 is 1. The lowest BCUT2D eigenvalue weighted by Crippen LogP contribution is -2.36. The third kappa shape index (κ3) is 5.20. The van der Waals surface area contributed by atoms with Crippen molar-refractivity contribution in [3.8, 4) is 5.75 Å². The summed E-state index contributed by atoms with van der Waals surface area (Å²) in [4.78, 5) is 14.0. The summed E-state index contributed by atoms with van der Waals surface area (Å²) < 4.78 is 16.8. The fraction of sp³-hybridized carbons (Fsp3) is 0.312. The fourth-order valence-electron chi connectivity index (χ4n) is 1.85. The number of amides is 1. The van der Waals surface area contributed by atoms with E-state index in [1.165, 1.54) is 0 Å². The van der Waals surface area contributed by atoms with Gasteiger partial charge >= 0.3 is 0 Å². The van der Waals surface area contributed by atoms with Crippen molar-refractivity contribution < 1.29 is 18.7 Å². The maximum absolute atomic E-state index is 12.3. The molecular formula is C16H18BrNO4. The molecule has 22 heavy (non-hydrogen) atoms. The van der Waals surface area contributed by atoms with Gasteiger partial charge in [-0.3, -0.25) is 4.79 Å². The van der Waals surface area contributed by atoms with Gasteiger partial charge in [-0.1, -0.05) is 15.9 Å². The molecule has 0 saturated carbocycles. The SMILES string of the molecule is COCCN(Cc1ccco1)C(=O)COc1ccc(Br)cc1. The highest BCUT2D eigenvalue weighted by Gasteiger charge is 2.15. The van der Waals surface area contributed by atoms with Crippen LogP contribution in [0.2, 0.25) is 0 Å². The first-order valence-electron chi connectivity index (χ1n) is 6.86. The van der Waals surface area contributed by atoms with Crippen molar-refractivity contribution in [1.29, 1.82) is 0 Å². The molecule has 0 saturated heterocycles. The molecule has 5 nitrogen and oxygen atoms in total. The van der Waals surface area contributed by atoms with Gasteiger partial charge in [-0.05, 0) is 36.4 Å². The van der Waals surface area contributed by atoms with Crippen LogP contribution in [0.5, 0.6) is 5.75 Å². The van der Waals surface area contributed by atoms with E-state index >= 15 is 0 Å². The van der Waals surface area contributed by atoms with E-state index in [0.717, 1.165) is 10.2 Å². The van der Waals surface area contributed by atoms with Crippen LogP contribution in [-0.2, 0) is 16.1 Å². The zero-order valence-electron chi connectivity index (χ0n) is 12.3. The van der Waals surface area contributed by atoms with Crippen LogP contribution in [0.4, 0.5) is 0 Å². The van der Waals surface area contributed by atoms with Crippen LogP contribution < -0.4 is 4.74 Å². The van der Waals surface area contributed by atoms with Crippen LogP contribution in [0.3, 0.4) is 0 Å². The van der Waals surface area contributed by atoms with Gasteiger partial charge in [0.15, 0.2) is 6.61 Å². The summed E-state index contributed by atoms with van der Waals surface area (Å²) in [5.74, 6) is 1.27. The Morgan fingerprint density at radius 1 is 1.27 bits per heavy atom. The highest BCUT2D eigenvalue weighted by molar-refractivity contribution is 9.10. The smallest absolute Gasteiger partial charge is 0.260 e. The molecule has 0 spiro atoms. The van der Waals surface area contributed by atoms with Crippen LogP contribution in [-0.4, -0.2) is 37.7 Å². The number of furan rings is 1. The largest absolute Gasteiger partial charge is 0.484 e. The first-order chi connectivity index (χ1) is 10.7. The Morgan fingerprint density at radius 3 is 2.68 bits per heavy atom. The predicted octanol–water partition coefficient (Wildman–Crippen LogP) is 3.10. The second-order valence-corrected chi connectivity index (χ2v) is 5.55. The number of benzene rings is 1. The number of ether oxygens (including phenoxy) is 2. The van der Waals surface area contributed by atoms with Gasteiger partial charge in [0, 0.05) is 18.1 Å². The van der Waals surface area contributed by atoms with Crippen molar-refractivity contribution >= 4 is 21.8 Å². The average molecular weight is 368 g/mol. The molecule has 1 aromatic carbocycles. The molecule has 6 heteroatoms. The third-order valence-corrected chi connectivity index (χ3v) is 3.55. The predicted molar refractivity (Wildman–Crippen MR) is 85.6 cm³/mol. The van der Waals surface area contributed by atoms with Crippen LogP contribution in [0, 0.1) is 0 Å². The van der Waals surface area contributed by atoms with Gasteiger partial charge in [0.25, 0.3) is 5.91 Å². The van der Waals surface area contributed by atoms with E-state index in [0.29, 0.717) is 25.4 Å². The molecule has 1 heterocycles. The average Bonchev–Trinajstić information content (AvgIpc) is 3.03. The molecular weight excluding hydrogens is 350 g/mol. The van der Waals surface area contributed by atoms with E-state index < -0.39 is 0 Å². The molecule has 0 bridgehead atoms. The number of hydrogen-bond donors (Lipinski definition) is 0. The molecule has 118 valence electrons. The van der Waals surface area contributed by atoms with Crippen molar-refractivity contribution in [2.24, 2.45) is 0 Å². The minimum atomic E-state index is -0.114. The number of nitrogens with zero attached hydrogens (tertiary/aromatic N) is 1. The Morgan fingerprint density at radius 2 is 2.05 bits per heavy atom. The van der Waals surface area contributed by atoms with Gasteiger partial charge in [-0.2, -0.15) is 0 Å². The summed E-state index contributed by atoms with van der Waals surface area (Å²) in [6.45, 7) is 1.33. The van der Waals surface area contributed by atoms with E-state index in [4.69, 9.17) is 13.9 Å². The minimum Gasteiger partial charge on any atom is -0.484 e. The van der Waals surface area contributed by atoms with Crippen molar-refractivity contribution in [3.63, 3.8) is 0 Å². The van der Waals surface area contributed by atoms with Crippen molar-refractivity contribution in [2.75, 3.05) is 26.9 Å². The maximum Gasteiger partial charge on any atom is 0.260 e. The standard InChI is InChI=1S/C16H18BrNO4/c1-20-10-8-18(11-15-3-2-9-21-15)16(19)12-22-14-6-4-13(17)5-7-14/h2-7,9H,8,10-12H2,1H3. The molecule has 2 rings (SSSR count). The van der Waals surface area contributed by atoms with Crippen molar-refractivity contribution in [3.05, 3.63) is 52.9 Å². The Hall–Kier alpha value is -1.79. The molecule has 1 amide bonds. The number of rotatable bonds is 8. The van der Waals surface area contributed by atoms with Gasteiger partial charge in [-0.25, -0.2) is 0 Å². The Labute approximate surface area is 137 Å². The summed E-state index contributed by atoms with van der Waals surface area (Å²) in [6, 6.07) is 11.0. The van der Waals surface area contributed by atoms with Crippen LogP contribution in [0.25, 0.3) is 0 Å². The van der Waals surface area contributed by atoms with E-state index in [-0.39, 0.29) is 12.5 Å². The number of hydrogen-bond acceptors (Lipinski definition) is 4. The summed E-state index contributed by atoms with van der Waals surface area (Å²) in [5.41, 5.74) is 0. The lowest BCUT2D eigenvalue weighted by Gasteiger charge is -2.21. The molecule has 0 aliphatic rings. The summed E-state index contributed by atoms with van der Waals surface area (Å²) in [5, 5.41) is 0. The lowest BCUT2D eigenvalue weighted by molar-refractivity contribution is -0.134. The topological polar surface area (TPSA) is 51.9 Å². The monoisotopic (exact) mass is 367 g/mol. The van der Waals surface area contributed by atoms with E-state index in [1.807, 2.05) is 30.3 Å². The molecule has 0 N–H and O–H groups in total. The molecule has 2 aromatic rings. The lowest BCUT2D eigenvalue weighted by atomic mass is 10.3. The molecule has 0 atom stereocenters. The zero-order chi connectivity index (χ0) is 15.8. The van der Waals surface area contributed by atoms with Crippen LogP contribution >= 0.6 is 15.9 Å². The quantitative estimate of drug-likeness (QED) is 0.719. The van der Waals surface area contributed by atoms with E-state index in [9.17, 15) is 4.79 Å². The van der Waals surface area contributed by atoms with Gasteiger partial charge < -0.3 is 18.8 Å². The zero-order valence-corrected chi connectivity index (χ0v) is 13.9. The minimum absolute atomic E-state index is 0.0218. The summed E-state index contributed by atoms with van der Waals surface area (Å²) in [6.07, 6.45) is 1.59. The Bertz CT molecular complexity index is 568. The fourth-order valence-corrected chi connectivity index (χ4v) is 2.12. The maximum atomic E-state index is 12.3. The molecule has 0 fully saturated rings. The Balaban J connectivity index is 1.91. The molecule has 0 radical (unpaired) electrons. The summed E-state index contributed by atoms with van der Waals surface area (Å²) >= 11 is 3.36. The first kappa shape index (κ1) is 16.6. The van der Waals surface area contributed by atoms with Crippen molar-refractivity contribution in [2.45, 2.75) is 6.54 Å². The number of halogens is 1. The number of carbonyl (C=O) groups excluding carboxylic acids is 1. The normalized spacial score (nSPS) is 10.5.